The third-order valence-corrected chi connectivity index (χ3v) is 4.44. The van der Waals surface area contributed by atoms with Crippen LogP contribution in [0.15, 0.2) is 24.3 Å². The highest BCUT2D eigenvalue weighted by Gasteiger charge is 2.29. The fraction of sp³-hybridized carbons (Fsp3) is 0.364. The van der Waals surface area contributed by atoms with Gasteiger partial charge in [-0.3, -0.25) is 4.31 Å². The van der Waals surface area contributed by atoms with Gasteiger partial charge in [0.2, 0.25) is 0 Å². The predicted molar refractivity (Wildman–Crippen MR) is 69.3 cm³/mol. The van der Waals surface area contributed by atoms with Crippen LogP contribution in [0, 0.1) is 11.3 Å². The number of para-hydroxylation sites is 2. The Morgan fingerprint density at radius 1 is 1.50 bits per heavy atom. The number of nitrogens with zero attached hydrogens (tertiary/aromatic N) is 2. The van der Waals surface area contributed by atoms with Gasteiger partial charge in [0.1, 0.15) is 0 Å². The molecule has 0 aromatic heterocycles. The number of nitriles is 1. The summed E-state index contributed by atoms with van der Waals surface area (Å²) in [7, 11) is -3.86. The quantitative estimate of drug-likeness (QED) is 0.748. The molecular formula is C11H15N3O3S. The molecule has 0 aliphatic carbocycles. The molecule has 0 heterocycles. The molecule has 3 N–H and O–H groups in total. The van der Waals surface area contributed by atoms with Crippen molar-refractivity contribution in [1.29, 1.82) is 5.26 Å². The number of benzene rings is 1. The molecule has 98 valence electrons. The van der Waals surface area contributed by atoms with Gasteiger partial charge in [0, 0.05) is 0 Å². The lowest BCUT2D eigenvalue weighted by Gasteiger charge is -2.25. The average Bonchev–Trinajstić information content (AvgIpc) is 2.35. The zero-order chi connectivity index (χ0) is 13.8. The molecule has 1 aromatic rings. The number of nitrogen functional groups attached to an aromatic ring is 1. The lowest BCUT2D eigenvalue weighted by molar-refractivity contribution is 0.306. The highest BCUT2D eigenvalue weighted by atomic mass is 32.2. The van der Waals surface area contributed by atoms with Crippen molar-refractivity contribution < 1.29 is 13.5 Å². The molecule has 1 unspecified atom stereocenters. The van der Waals surface area contributed by atoms with E-state index < -0.39 is 15.3 Å². The highest BCUT2D eigenvalue weighted by molar-refractivity contribution is 7.93. The van der Waals surface area contributed by atoms with E-state index >= 15 is 0 Å². The maximum Gasteiger partial charge on any atom is 0.251 e. The molecule has 1 aromatic carbocycles. The van der Waals surface area contributed by atoms with Gasteiger partial charge in [-0.15, -0.1) is 0 Å². The maximum atomic E-state index is 12.1. The summed E-state index contributed by atoms with van der Waals surface area (Å²) in [5.41, 5.74) is 6.27. The van der Waals surface area contributed by atoms with Crippen molar-refractivity contribution >= 4 is 21.4 Å². The second kappa shape index (κ2) is 5.71. The fourth-order valence-corrected chi connectivity index (χ4v) is 2.74. The smallest absolute Gasteiger partial charge is 0.251 e. The standard InChI is InChI=1S/C11H15N3O3S/c1-9(8-12)18(16,17)14(6-7-15)11-5-3-2-4-10(11)13/h2-5,9,15H,6-7,13H2,1H3. The first-order valence-electron chi connectivity index (χ1n) is 5.31. The summed E-state index contributed by atoms with van der Waals surface area (Å²) in [6.07, 6.45) is 0. The summed E-state index contributed by atoms with van der Waals surface area (Å²) in [5.74, 6) is 0. The number of rotatable bonds is 5. The predicted octanol–water partition coefficient (Wildman–Crippen LogP) is 0.309. The number of aliphatic hydroxyl groups is 1. The minimum Gasteiger partial charge on any atom is -0.397 e. The van der Waals surface area contributed by atoms with Crippen LogP contribution < -0.4 is 10.0 Å². The van der Waals surface area contributed by atoms with Gasteiger partial charge in [0.15, 0.2) is 5.25 Å². The number of aliphatic hydroxyl groups excluding tert-OH is 1. The third kappa shape index (κ3) is 2.72. The molecule has 0 fully saturated rings. The summed E-state index contributed by atoms with van der Waals surface area (Å²) < 4.78 is 25.3. The number of hydrogen-bond acceptors (Lipinski definition) is 5. The van der Waals surface area contributed by atoms with Crippen LogP contribution in [0.4, 0.5) is 11.4 Å². The summed E-state index contributed by atoms with van der Waals surface area (Å²) in [5, 5.41) is 16.5. The van der Waals surface area contributed by atoms with Crippen molar-refractivity contribution in [3.8, 4) is 6.07 Å². The van der Waals surface area contributed by atoms with Crippen LogP contribution in [0.25, 0.3) is 0 Å². The van der Waals surface area contributed by atoms with Crippen molar-refractivity contribution in [3.63, 3.8) is 0 Å². The molecule has 0 saturated heterocycles. The number of sulfonamides is 1. The molecule has 6 nitrogen and oxygen atoms in total. The fourth-order valence-electron chi connectivity index (χ4n) is 1.45. The first kappa shape index (κ1) is 14.3. The molecule has 0 bridgehead atoms. The van der Waals surface area contributed by atoms with Crippen molar-refractivity contribution in [2.45, 2.75) is 12.2 Å². The van der Waals surface area contributed by atoms with E-state index in [9.17, 15) is 8.42 Å². The largest absolute Gasteiger partial charge is 0.397 e. The van der Waals surface area contributed by atoms with Crippen LogP contribution in [-0.4, -0.2) is 31.9 Å². The maximum absolute atomic E-state index is 12.1. The minimum absolute atomic E-state index is 0.136. The van der Waals surface area contributed by atoms with Crippen LogP contribution >= 0.6 is 0 Å². The Labute approximate surface area is 106 Å². The van der Waals surface area contributed by atoms with E-state index in [2.05, 4.69) is 0 Å². The van der Waals surface area contributed by atoms with Gasteiger partial charge in [0.25, 0.3) is 10.0 Å². The molecule has 0 spiro atoms. The zero-order valence-corrected chi connectivity index (χ0v) is 10.8. The summed E-state index contributed by atoms with van der Waals surface area (Å²) in [6.45, 7) is 0.799. The van der Waals surface area contributed by atoms with Crippen LogP contribution in [0.1, 0.15) is 6.92 Å². The minimum atomic E-state index is -3.86. The van der Waals surface area contributed by atoms with Gasteiger partial charge in [-0.05, 0) is 19.1 Å². The molecular weight excluding hydrogens is 254 g/mol. The monoisotopic (exact) mass is 269 g/mol. The topological polar surface area (TPSA) is 107 Å². The Kier molecular flexibility index (Phi) is 4.53. The van der Waals surface area contributed by atoms with E-state index in [4.69, 9.17) is 16.1 Å². The van der Waals surface area contributed by atoms with Crippen molar-refractivity contribution in [2.75, 3.05) is 23.2 Å². The Morgan fingerprint density at radius 2 is 2.11 bits per heavy atom. The van der Waals surface area contributed by atoms with Crippen LogP contribution in [0.5, 0.6) is 0 Å². The van der Waals surface area contributed by atoms with E-state index in [1.54, 1.807) is 24.3 Å². The molecule has 7 heteroatoms. The molecule has 18 heavy (non-hydrogen) atoms. The molecule has 0 saturated carbocycles. The molecule has 0 aliphatic rings. The highest BCUT2D eigenvalue weighted by Crippen LogP contribution is 2.26. The van der Waals surface area contributed by atoms with Crippen LogP contribution in [0.3, 0.4) is 0 Å². The number of anilines is 2. The zero-order valence-electron chi connectivity index (χ0n) is 9.94. The van der Waals surface area contributed by atoms with E-state index in [1.807, 2.05) is 0 Å². The number of hydrogen-bond donors (Lipinski definition) is 2. The third-order valence-electron chi connectivity index (χ3n) is 2.44. The number of nitrogens with two attached hydrogens (primary N) is 1. The lowest BCUT2D eigenvalue weighted by atomic mass is 10.3. The Hall–Kier alpha value is -1.78. The molecule has 0 aliphatic heterocycles. The van der Waals surface area contributed by atoms with Crippen LogP contribution in [-0.2, 0) is 10.0 Å². The van der Waals surface area contributed by atoms with E-state index in [-0.39, 0.29) is 24.5 Å². The Bertz CT molecular complexity index is 551. The van der Waals surface area contributed by atoms with Crippen molar-refractivity contribution in [1.82, 2.24) is 0 Å². The second-order valence-electron chi connectivity index (χ2n) is 3.67. The Morgan fingerprint density at radius 3 is 2.61 bits per heavy atom. The van der Waals surface area contributed by atoms with Crippen LogP contribution in [0.2, 0.25) is 0 Å². The van der Waals surface area contributed by atoms with Gasteiger partial charge in [-0.25, -0.2) is 8.42 Å². The van der Waals surface area contributed by atoms with E-state index in [0.29, 0.717) is 0 Å². The molecule has 0 radical (unpaired) electrons. The average molecular weight is 269 g/mol. The van der Waals surface area contributed by atoms with Crippen molar-refractivity contribution in [3.05, 3.63) is 24.3 Å². The van der Waals surface area contributed by atoms with Gasteiger partial charge in [0.05, 0.1) is 30.6 Å². The van der Waals surface area contributed by atoms with Gasteiger partial charge < -0.3 is 10.8 Å². The second-order valence-corrected chi connectivity index (χ2v) is 5.85. The van der Waals surface area contributed by atoms with E-state index in [1.165, 1.54) is 13.0 Å². The first-order chi connectivity index (χ1) is 8.45. The lowest BCUT2D eigenvalue weighted by Crippen LogP contribution is -2.39. The summed E-state index contributed by atoms with van der Waals surface area (Å²) in [6, 6.07) is 8.10. The van der Waals surface area contributed by atoms with Crippen molar-refractivity contribution in [2.24, 2.45) is 0 Å². The van der Waals surface area contributed by atoms with Gasteiger partial charge in [-0.2, -0.15) is 5.26 Å². The Balaban J connectivity index is 3.29. The normalized spacial score (nSPS) is 12.7. The summed E-state index contributed by atoms with van der Waals surface area (Å²) in [4.78, 5) is 0. The molecule has 0 amide bonds. The van der Waals surface area contributed by atoms with E-state index in [0.717, 1.165) is 4.31 Å². The summed E-state index contributed by atoms with van der Waals surface area (Å²) >= 11 is 0. The SMILES string of the molecule is CC(C#N)S(=O)(=O)N(CCO)c1ccccc1N. The molecule has 1 rings (SSSR count). The van der Waals surface area contributed by atoms with Gasteiger partial charge >= 0.3 is 0 Å². The molecule has 1 atom stereocenters. The van der Waals surface area contributed by atoms with Gasteiger partial charge in [-0.1, -0.05) is 12.1 Å². The first-order valence-corrected chi connectivity index (χ1v) is 6.82.